The molecule has 0 spiro atoms. The number of halogens is 3. The Kier molecular flexibility index (Phi) is 6.08. The third-order valence-corrected chi connectivity index (χ3v) is 4.76. The molecular weight excluding hydrogens is 415 g/mol. The molecule has 2 unspecified atom stereocenters. The number of benzene rings is 2. The molecule has 1 fully saturated rings. The highest BCUT2D eigenvalue weighted by Gasteiger charge is 2.46. The highest BCUT2D eigenvalue weighted by molar-refractivity contribution is 6.46. The number of likely N-dealkylation sites (tertiary alicyclic amines) is 1. The van der Waals surface area contributed by atoms with Crippen LogP contribution in [0.1, 0.15) is 29.7 Å². The van der Waals surface area contributed by atoms with Crippen LogP contribution in [0, 0.1) is 6.92 Å². The summed E-state index contributed by atoms with van der Waals surface area (Å²) in [6.45, 7) is 3.06. The lowest BCUT2D eigenvalue weighted by molar-refractivity contribution is -0.274. The Morgan fingerprint density at radius 1 is 1.10 bits per heavy atom. The van der Waals surface area contributed by atoms with Crippen LogP contribution in [0.5, 0.6) is 5.75 Å². The molecule has 6 nitrogen and oxygen atoms in total. The van der Waals surface area contributed by atoms with Gasteiger partial charge in [0.25, 0.3) is 11.7 Å². The number of ketones is 1. The van der Waals surface area contributed by atoms with Gasteiger partial charge in [-0.2, -0.15) is 0 Å². The molecule has 9 heteroatoms. The molecule has 1 saturated heterocycles. The molecule has 2 atom stereocenters. The molecule has 2 N–H and O–H groups in total. The van der Waals surface area contributed by atoms with E-state index < -0.39 is 41.7 Å². The number of aryl methyl sites for hydroxylation is 1. The van der Waals surface area contributed by atoms with Crippen LogP contribution in [0.3, 0.4) is 0 Å². The molecule has 1 heterocycles. The minimum atomic E-state index is -4.87. The van der Waals surface area contributed by atoms with Crippen LogP contribution in [-0.2, 0) is 9.59 Å². The van der Waals surface area contributed by atoms with Crippen molar-refractivity contribution in [1.82, 2.24) is 4.90 Å². The minimum Gasteiger partial charge on any atom is -0.507 e. The molecule has 2 aromatic rings. The Hall–Kier alpha value is -3.33. The summed E-state index contributed by atoms with van der Waals surface area (Å²) in [4.78, 5) is 26.5. The molecule has 0 radical (unpaired) electrons. The number of aliphatic hydroxyl groups is 2. The van der Waals surface area contributed by atoms with Gasteiger partial charge in [-0.05, 0) is 31.5 Å². The van der Waals surface area contributed by atoms with Crippen LogP contribution in [-0.4, -0.2) is 45.8 Å². The summed E-state index contributed by atoms with van der Waals surface area (Å²) < 4.78 is 41.2. The monoisotopic (exact) mass is 435 g/mol. The third kappa shape index (κ3) is 4.88. The van der Waals surface area contributed by atoms with Crippen molar-refractivity contribution in [3.8, 4) is 5.75 Å². The van der Waals surface area contributed by atoms with E-state index in [1.54, 1.807) is 24.3 Å². The Labute approximate surface area is 176 Å². The Morgan fingerprint density at radius 2 is 1.68 bits per heavy atom. The van der Waals surface area contributed by atoms with Crippen molar-refractivity contribution in [3.05, 3.63) is 70.8 Å². The smallest absolute Gasteiger partial charge is 0.507 e. The van der Waals surface area contributed by atoms with E-state index in [4.69, 9.17) is 0 Å². The van der Waals surface area contributed by atoms with Crippen LogP contribution in [0.2, 0.25) is 0 Å². The first-order chi connectivity index (χ1) is 14.5. The summed E-state index contributed by atoms with van der Waals surface area (Å²) in [5.74, 6) is -2.75. The average molecular weight is 435 g/mol. The first-order valence-corrected chi connectivity index (χ1v) is 9.37. The fraction of sp³-hybridized carbons (Fsp3) is 0.273. The van der Waals surface area contributed by atoms with E-state index in [2.05, 4.69) is 4.74 Å². The number of rotatable bonds is 5. The lowest BCUT2D eigenvalue weighted by atomic mass is 9.95. The van der Waals surface area contributed by atoms with Crippen LogP contribution < -0.4 is 4.74 Å². The van der Waals surface area contributed by atoms with Crippen molar-refractivity contribution in [2.24, 2.45) is 0 Å². The number of β-amino-alcohol motifs (C(OH)–C–C–N with tert-alkyl or cyclic N) is 1. The van der Waals surface area contributed by atoms with Crippen LogP contribution in [0.4, 0.5) is 13.2 Å². The fourth-order valence-electron chi connectivity index (χ4n) is 3.42. The van der Waals surface area contributed by atoms with E-state index in [-0.39, 0.29) is 17.7 Å². The predicted octanol–water partition coefficient (Wildman–Crippen LogP) is 3.70. The van der Waals surface area contributed by atoms with Gasteiger partial charge in [0.1, 0.15) is 11.5 Å². The van der Waals surface area contributed by atoms with E-state index >= 15 is 0 Å². The van der Waals surface area contributed by atoms with Gasteiger partial charge in [0.2, 0.25) is 0 Å². The zero-order chi connectivity index (χ0) is 22.9. The highest BCUT2D eigenvalue weighted by Crippen LogP contribution is 2.40. The lowest BCUT2D eigenvalue weighted by Gasteiger charge is -2.26. The first kappa shape index (κ1) is 22.4. The van der Waals surface area contributed by atoms with Crippen LogP contribution in [0.15, 0.2) is 54.1 Å². The quantitative estimate of drug-likeness (QED) is 0.425. The highest BCUT2D eigenvalue weighted by atomic mass is 19.4. The number of carbonyl (C=O) groups is 2. The molecular formula is C22H20F3NO5. The summed E-state index contributed by atoms with van der Waals surface area (Å²) in [7, 11) is 0. The molecule has 1 aliphatic heterocycles. The third-order valence-electron chi connectivity index (χ3n) is 4.76. The number of carbonyl (C=O) groups excluding carboxylic acids is 2. The summed E-state index contributed by atoms with van der Waals surface area (Å²) in [6.07, 6.45) is -5.85. The second-order valence-corrected chi connectivity index (χ2v) is 7.28. The van der Waals surface area contributed by atoms with E-state index in [0.717, 1.165) is 22.6 Å². The van der Waals surface area contributed by atoms with Crippen molar-refractivity contribution >= 4 is 17.4 Å². The van der Waals surface area contributed by atoms with Gasteiger partial charge >= 0.3 is 6.36 Å². The zero-order valence-electron chi connectivity index (χ0n) is 16.7. The Morgan fingerprint density at radius 3 is 2.19 bits per heavy atom. The van der Waals surface area contributed by atoms with Crippen molar-refractivity contribution in [1.29, 1.82) is 0 Å². The predicted molar refractivity (Wildman–Crippen MR) is 105 cm³/mol. The molecule has 0 aromatic heterocycles. The Balaban J connectivity index is 2.10. The van der Waals surface area contributed by atoms with Crippen molar-refractivity contribution in [3.63, 3.8) is 0 Å². The zero-order valence-corrected chi connectivity index (χ0v) is 16.7. The molecule has 164 valence electrons. The maximum Gasteiger partial charge on any atom is 0.573 e. The van der Waals surface area contributed by atoms with Gasteiger partial charge in [-0.15, -0.1) is 13.2 Å². The average Bonchev–Trinajstić information content (AvgIpc) is 2.92. The van der Waals surface area contributed by atoms with Gasteiger partial charge in [-0.25, -0.2) is 0 Å². The maximum atomic E-state index is 12.8. The molecule has 0 bridgehead atoms. The van der Waals surface area contributed by atoms with Crippen molar-refractivity contribution in [2.45, 2.75) is 32.4 Å². The van der Waals surface area contributed by atoms with Crippen molar-refractivity contribution in [2.75, 3.05) is 6.54 Å². The summed E-state index contributed by atoms with van der Waals surface area (Å²) in [5.41, 5.74) is 1.30. The van der Waals surface area contributed by atoms with Gasteiger partial charge < -0.3 is 19.8 Å². The van der Waals surface area contributed by atoms with Crippen molar-refractivity contribution < 1.29 is 37.7 Å². The van der Waals surface area contributed by atoms with E-state index in [1.165, 1.54) is 19.1 Å². The molecule has 0 aliphatic carbocycles. The van der Waals surface area contributed by atoms with Crippen LogP contribution >= 0.6 is 0 Å². The van der Waals surface area contributed by atoms with E-state index in [0.29, 0.717) is 5.56 Å². The lowest BCUT2D eigenvalue weighted by Crippen LogP contribution is -2.35. The maximum absolute atomic E-state index is 12.8. The number of alkyl halides is 3. The number of ether oxygens (including phenoxy) is 1. The largest absolute Gasteiger partial charge is 0.573 e. The van der Waals surface area contributed by atoms with Gasteiger partial charge in [-0.1, -0.05) is 42.0 Å². The molecule has 3 rings (SSSR count). The van der Waals surface area contributed by atoms with Gasteiger partial charge in [0.15, 0.2) is 0 Å². The fourth-order valence-corrected chi connectivity index (χ4v) is 3.42. The Bertz CT molecular complexity index is 1010. The van der Waals surface area contributed by atoms with Crippen LogP contribution in [0.25, 0.3) is 5.76 Å². The molecule has 1 amide bonds. The second kappa shape index (κ2) is 8.43. The standard InChI is InChI=1S/C22H20F3NO5/c1-12-3-5-15(6-4-12)19(28)17-18(26(11-13(2)27)21(30)20(17)29)14-7-9-16(10-8-14)31-22(23,24)25/h3-10,13,18,27-28H,11H2,1-2H3. The van der Waals surface area contributed by atoms with E-state index in [9.17, 15) is 33.0 Å². The topological polar surface area (TPSA) is 87.1 Å². The van der Waals surface area contributed by atoms with E-state index in [1.807, 2.05) is 6.92 Å². The second-order valence-electron chi connectivity index (χ2n) is 7.28. The molecule has 0 saturated carbocycles. The molecule has 31 heavy (non-hydrogen) atoms. The van der Waals surface area contributed by atoms with Gasteiger partial charge in [0, 0.05) is 12.1 Å². The minimum absolute atomic E-state index is 0.208. The summed E-state index contributed by atoms with van der Waals surface area (Å²) >= 11 is 0. The summed E-state index contributed by atoms with van der Waals surface area (Å²) in [5, 5.41) is 20.6. The number of hydrogen-bond donors (Lipinski definition) is 2. The number of aliphatic hydroxyl groups excluding tert-OH is 2. The normalized spacial score (nSPS) is 19.5. The number of Topliss-reactive ketones (excluding diaryl/α,β-unsaturated/α-hetero) is 1. The molecule has 2 aromatic carbocycles. The number of nitrogens with zero attached hydrogens (tertiary/aromatic N) is 1. The van der Waals surface area contributed by atoms with Gasteiger partial charge in [0.05, 0.1) is 17.7 Å². The number of hydrogen-bond acceptors (Lipinski definition) is 5. The SMILES string of the molecule is Cc1ccc(C(O)=C2C(=O)C(=O)N(CC(C)O)C2c2ccc(OC(F)(F)F)cc2)cc1. The molecule has 1 aliphatic rings. The van der Waals surface area contributed by atoms with Gasteiger partial charge in [-0.3, -0.25) is 9.59 Å². The number of amides is 1. The first-order valence-electron chi connectivity index (χ1n) is 9.37. The summed E-state index contributed by atoms with van der Waals surface area (Å²) in [6, 6.07) is 10.2.